The molecule has 0 bridgehead atoms. The molecule has 0 fully saturated rings. The van der Waals surface area contributed by atoms with Gasteiger partial charge in [0, 0.05) is 12.1 Å². The van der Waals surface area contributed by atoms with E-state index in [1.807, 2.05) is 25.1 Å². The van der Waals surface area contributed by atoms with Gasteiger partial charge in [-0.25, -0.2) is 0 Å². The first-order valence-electron chi connectivity index (χ1n) is 9.06. The molecular weight excluding hydrogens is 380 g/mol. The first-order chi connectivity index (χ1) is 13.5. The number of thiazole rings is 1. The van der Waals surface area contributed by atoms with E-state index in [1.54, 1.807) is 13.2 Å². The molecule has 1 heterocycles. The number of aromatic amines is 1. The molecule has 28 heavy (non-hydrogen) atoms. The number of H-pyrrole nitrogens is 1. The minimum absolute atomic E-state index is 0.00158. The number of aliphatic hydroxyl groups excluding tert-OH is 1. The summed E-state index contributed by atoms with van der Waals surface area (Å²) < 4.78 is 11.5. The Hall–Kier alpha value is -2.55. The lowest BCUT2D eigenvalue weighted by Crippen LogP contribution is -2.23. The van der Waals surface area contributed by atoms with Crippen molar-refractivity contribution in [2.45, 2.75) is 19.4 Å². The fourth-order valence-corrected chi connectivity index (χ4v) is 3.94. The van der Waals surface area contributed by atoms with Crippen LogP contribution in [-0.2, 0) is 6.42 Å². The Kier molecular flexibility index (Phi) is 6.56. The minimum atomic E-state index is -0.788. The Morgan fingerprint density at radius 3 is 2.82 bits per heavy atom. The van der Waals surface area contributed by atoms with Crippen molar-refractivity contribution >= 4 is 21.6 Å². The van der Waals surface area contributed by atoms with E-state index in [-0.39, 0.29) is 10.6 Å². The van der Waals surface area contributed by atoms with Crippen LogP contribution in [-0.4, -0.2) is 42.0 Å². The summed E-state index contributed by atoms with van der Waals surface area (Å²) in [6, 6.07) is 8.96. The highest BCUT2D eigenvalue weighted by molar-refractivity contribution is 7.16. The second-order valence-electron chi connectivity index (χ2n) is 6.28. The van der Waals surface area contributed by atoms with E-state index in [0.29, 0.717) is 41.2 Å². The molecule has 2 aromatic carbocycles. The molecule has 0 aliphatic carbocycles. The van der Waals surface area contributed by atoms with Gasteiger partial charge in [0.1, 0.15) is 11.3 Å². The number of fused-ring (bicyclic) bond motifs is 1. The molecule has 0 saturated heterocycles. The average Bonchev–Trinajstić information content (AvgIpc) is 3.08. The molecule has 0 saturated carbocycles. The van der Waals surface area contributed by atoms with Gasteiger partial charge in [-0.15, -0.1) is 0 Å². The van der Waals surface area contributed by atoms with Crippen LogP contribution in [0.25, 0.3) is 10.2 Å². The maximum atomic E-state index is 11.6. The molecule has 0 radical (unpaired) electrons. The highest BCUT2D eigenvalue weighted by Gasteiger charge is 2.16. The molecule has 1 aromatic heterocycles. The number of rotatable bonds is 9. The van der Waals surface area contributed by atoms with Crippen LogP contribution >= 0.6 is 11.3 Å². The second-order valence-corrected chi connectivity index (χ2v) is 7.26. The first-order valence-corrected chi connectivity index (χ1v) is 9.88. The van der Waals surface area contributed by atoms with Gasteiger partial charge in [0.05, 0.1) is 24.5 Å². The predicted molar refractivity (Wildman–Crippen MR) is 110 cm³/mol. The fraction of sp³-hybridized carbons (Fsp3) is 0.350. The van der Waals surface area contributed by atoms with Crippen LogP contribution in [0, 0.1) is 0 Å². The number of phenolic OH excluding ortho intramolecular Hbond substituents is 1. The van der Waals surface area contributed by atoms with E-state index in [4.69, 9.17) is 9.47 Å². The predicted octanol–water partition coefficient (Wildman–Crippen LogP) is 2.57. The van der Waals surface area contributed by atoms with Gasteiger partial charge in [-0.2, -0.15) is 0 Å². The van der Waals surface area contributed by atoms with Crippen LogP contribution in [0.3, 0.4) is 0 Å². The Morgan fingerprint density at radius 2 is 2.07 bits per heavy atom. The lowest BCUT2D eigenvalue weighted by molar-refractivity contribution is 0.176. The summed E-state index contributed by atoms with van der Waals surface area (Å²) in [5.41, 5.74) is 2.08. The zero-order chi connectivity index (χ0) is 20.1. The maximum Gasteiger partial charge on any atom is 0.305 e. The quantitative estimate of drug-likeness (QED) is 0.409. The highest BCUT2D eigenvalue weighted by Crippen LogP contribution is 2.31. The van der Waals surface area contributed by atoms with Crippen molar-refractivity contribution in [2.75, 3.05) is 26.8 Å². The molecule has 0 spiro atoms. The summed E-state index contributed by atoms with van der Waals surface area (Å²) in [5, 5.41) is 23.6. The van der Waals surface area contributed by atoms with E-state index in [2.05, 4.69) is 10.3 Å². The number of phenols is 1. The van der Waals surface area contributed by atoms with Gasteiger partial charge in [0.25, 0.3) is 0 Å². The summed E-state index contributed by atoms with van der Waals surface area (Å²) in [5.74, 6) is 1.42. The van der Waals surface area contributed by atoms with Crippen molar-refractivity contribution in [3.8, 4) is 17.2 Å². The van der Waals surface area contributed by atoms with Gasteiger partial charge in [-0.3, -0.25) is 4.79 Å². The molecule has 3 aromatic rings. The smallest absolute Gasteiger partial charge is 0.305 e. The third-order valence-corrected chi connectivity index (χ3v) is 5.33. The number of aromatic nitrogens is 1. The number of hydrogen-bond donors (Lipinski definition) is 4. The van der Waals surface area contributed by atoms with Crippen molar-refractivity contribution in [3.63, 3.8) is 0 Å². The molecule has 8 heteroatoms. The van der Waals surface area contributed by atoms with Gasteiger partial charge in [0.15, 0.2) is 11.5 Å². The number of methoxy groups -OCH3 is 1. The molecule has 7 nitrogen and oxygen atoms in total. The Bertz CT molecular complexity index is 998. The van der Waals surface area contributed by atoms with Crippen molar-refractivity contribution in [1.82, 2.24) is 10.3 Å². The van der Waals surface area contributed by atoms with Crippen molar-refractivity contribution in [1.29, 1.82) is 0 Å². The Labute approximate surface area is 166 Å². The summed E-state index contributed by atoms with van der Waals surface area (Å²) in [6.07, 6.45) is -0.0257. The van der Waals surface area contributed by atoms with Crippen LogP contribution in [0.1, 0.15) is 24.2 Å². The zero-order valence-corrected chi connectivity index (χ0v) is 16.6. The SMILES string of the molecule is CCOc1ccc(CCNC[C@H](O)c2ccc(O)c3[nH]c(=O)sc23)cc1OC. The van der Waals surface area contributed by atoms with Crippen molar-refractivity contribution in [3.05, 3.63) is 51.1 Å². The van der Waals surface area contributed by atoms with Crippen LogP contribution in [0.4, 0.5) is 0 Å². The number of aromatic hydroxyl groups is 1. The van der Waals surface area contributed by atoms with E-state index in [9.17, 15) is 15.0 Å². The largest absolute Gasteiger partial charge is 0.506 e. The Morgan fingerprint density at radius 1 is 1.25 bits per heavy atom. The zero-order valence-electron chi connectivity index (χ0n) is 15.8. The summed E-state index contributed by atoms with van der Waals surface area (Å²) in [6.45, 7) is 3.50. The Balaban J connectivity index is 1.58. The molecule has 0 aliphatic heterocycles. The number of aliphatic hydroxyl groups is 1. The summed E-state index contributed by atoms with van der Waals surface area (Å²) >= 11 is 0.982. The lowest BCUT2D eigenvalue weighted by Gasteiger charge is -2.14. The normalized spacial score (nSPS) is 12.2. The summed E-state index contributed by atoms with van der Waals surface area (Å²) in [4.78, 5) is 13.9. The molecule has 0 unspecified atom stereocenters. The van der Waals surface area contributed by atoms with Crippen LogP contribution < -0.4 is 19.7 Å². The molecular formula is C20H24N2O5S. The maximum absolute atomic E-state index is 11.6. The third-order valence-electron chi connectivity index (χ3n) is 4.40. The number of ether oxygens (including phenoxy) is 2. The number of hydrogen-bond acceptors (Lipinski definition) is 7. The van der Waals surface area contributed by atoms with E-state index >= 15 is 0 Å². The molecule has 0 amide bonds. The number of benzene rings is 2. The summed E-state index contributed by atoms with van der Waals surface area (Å²) in [7, 11) is 1.62. The van der Waals surface area contributed by atoms with Gasteiger partial charge in [-0.05, 0) is 43.7 Å². The standard InChI is InChI=1S/C20H24N2O5S/c1-3-27-16-7-4-12(10-17(16)26-2)8-9-21-11-15(24)13-5-6-14(23)18-19(13)28-20(25)22-18/h4-7,10,15,21,23-24H,3,8-9,11H2,1-2H3,(H,22,25)/t15-/m0/s1. The van der Waals surface area contributed by atoms with Crippen molar-refractivity contribution in [2.24, 2.45) is 0 Å². The van der Waals surface area contributed by atoms with Crippen LogP contribution in [0.5, 0.6) is 17.2 Å². The van der Waals surface area contributed by atoms with Crippen LogP contribution in [0.15, 0.2) is 35.1 Å². The average molecular weight is 404 g/mol. The van der Waals surface area contributed by atoms with Gasteiger partial charge in [-0.1, -0.05) is 23.5 Å². The molecule has 3 rings (SSSR count). The first kappa shape index (κ1) is 20.2. The van der Waals surface area contributed by atoms with Crippen molar-refractivity contribution < 1.29 is 19.7 Å². The highest BCUT2D eigenvalue weighted by atomic mass is 32.1. The monoisotopic (exact) mass is 404 g/mol. The van der Waals surface area contributed by atoms with E-state index in [0.717, 1.165) is 29.1 Å². The van der Waals surface area contributed by atoms with Gasteiger partial charge in [0.2, 0.25) is 0 Å². The molecule has 4 N–H and O–H groups in total. The van der Waals surface area contributed by atoms with E-state index in [1.165, 1.54) is 6.07 Å². The van der Waals surface area contributed by atoms with Crippen LogP contribution in [0.2, 0.25) is 0 Å². The lowest BCUT2D eigenvalue weighted by atomic mass is 10.1. The fourth-order valence-electron chi connectivity index (χ4n) is 3.03. The van der Waals surface area contributed by atoms with E-state index < -0.39 is 6.10 Å². The third kappa shape index (κ3) is 4.46. The second kappa shape index (κ2) is 9.09. The molecule has 1 atom stereocenters. The van der Waals surface area contributed by atoms with Gasteiger partial charge < -0.3 is 30.0 Å². The number of nitrogens with one attached hydrogen (secondary N) is 2. The molecule has 150 valence electrons. The van der Waals surface area contributed by atoms with Gasteiger partial charge >= 0.3 is 4.87 Å². The topological polar surface area (TPSA) is 104 Å². The molecule has 0 aliphatic rings. The minimum Gasteiger partial charge on any atom is -0.506 e.